The molecule has 0 saturated heterocycles. The number of sulfone groups is 1. The Morgan fingerprint density at radius 2 is 1.82 bits per heavy atom. The minimum Gasteiger partial charge on any atom is -0.504 e. The summed E-state index contributed by atoms with van der Waals surface area (Å²) in [4.78, 5) is 21.1. The number of rotatable bonds is 9. The van der Waals surface area contributed by atoms with E-state index in [9.17, 15) is 22.7 Å². The van der Waals surface area contributed by atoms with Crippen LogP contribution in [0.15, 0.2) is 81.6 Å². The Labute approximate surface area is 249 Å². The number of hydrogen-bond donors (Lipinski definition) is 4. The fraction of sp³-hybridized carbons (Fsp3) is 0.103. The first-order valence-electron chi connectivity index (χ1n) is 12.7. The van der Waals surface area contributed by atoms with Crippen molar-refractivity contribution in [3.63, 3.8) is 0 Å². The van der Waals surface area contributed by atoms with Gasteiger partial charge in [0.15, 0.2) is 17.3 Å². The van der Waals surface area contributed by atoms with Gasteiger partial charge in [-0.25, -0.2) is 17.8 Å². The number of phenolic OH excluding ortho intramolecular Hbond substituents is 1. The molecule has 226 valence electrons. The molecule has 0 radical (unpaired) electrons. The lowest BCUT2D eigenvalue weighted by Gasteiger charge is -2.22. The number of pyridine rings is 1. The van der Waals surface area contributed by atoms with E-state index >= 15 is 4.39 Å². The number of carbonyl (C=O) groups is 1. The fourth-order valence-corrected chi connectivity index (χ4v) is 5.90. The molecule has 1 amide bonds. The van der Waals surface area contributed by atoms with Crippen LogP contribution in [0, 0.1) is 17.0 Å². The summed E-state index contributed by atoms with van der Waals surface area (Å²) >= 11 is 0. The number of halogens is 2. The zero-order valence-corrected chi connectivity index (χ0v) is 23.7. The molecule has 5 rings (SSSR count). The van der Waals surface area contributed by atoms with Gasteiger partial charge in [0.05, 0.1) is 21.6 Å². The van der Waals surface area contributed by atoms with Crippen molar-refractivity contribution in [2.24, 2.45) is 16.5 Å². The molecule has 1 unspecified atom stereocenters. The zero-order chi connectivity index (χ0) is 31.8. The quantitative estimate of drug-likeness (QED) is 0.158. The Balaban J connectivity index is 1.58. The Morgan fingerprint density at radius 3 is 2.50 bits per heavy atom. The van der Waals surface area contributed by atoms with Crippen molar-refractivity contribution in [3.8, 4) is 28.9 Å². The largest absolute Gasteiger partial charge is 0.504 e. The van der Waals surface area contributed by atoms with E-state index in [4.69, 9.17) is 26.4 Å². The lowest BCUT2D eigenvalue weighted by Crippen LogP contribution is -2.20. The molecule has 1 aliphatic heterocycles. The van der Waals surface area contributed by atoms with E-state index in [1.54, 1.807) is 18.2 Å². The molecule has 12 nitrogen and oxygen atoms in total. The Hall–Kier alpha value is -5.41. The highest BCUT2D eigenvalue weighted by Crippen LogP contribution is 2.41. The van der Waals surface area contributed by atoms with Crippen molar-refractivity contribution in [1.82, 2.24) is 9.88 Å². The predicted octanol–water partition coefficient (Wildman–Crippen LogP) is 3.88. The summed E-state index contributed by atoms with van der Waals surface area (Å²) in [6.45, 7) is 0.393. The molecule has 0 aliphatic carbocycles. The second-order valence-corrected chi connectivity index (χ2v) is 11.5. The molecule has 44 heavy (non-hydrogen) atoms. The number of primary amides is 1. The van der Waals surface area contributed by atoms with Crippen LogP contribution in [0.5, 0.6) is 28.9 Å². The van der Waals surface area contributed by atoms with Gasteiger partial charge in [0.1, 0.15) is 17.8 Å². The van der Waals surface area contributed by atoms with Gasteiger partial charge in [-0.3, -0.25) is 20.1 Å². The second-order valence-electron chi connectivity index (χ2n) is 9.56. The zero-order valence-electron chi connectivity index (χ0n) is 22.9. The van der Waals surface area contributed by atoms with E-state index in [0.717, 1.165) is 6.07 Å². The molecule has 1 aliphatic rings. The number of aromatic nitrogens is 1. The molecule has 6 N–H and O–H groups in total. The normalized spacial score (nSPS) is 14.8. The molecule has 2 heterocycles. The molecular weight excluding hydrogens is 598 g/mol. The van der Waals surface area contributed by atoms with Crippen molar-refractivity contribution in [2.45, 2.75) is 16.0 Å². The van der Waals surface area contributed by atoms with Gasteiger partial charge in [0, 0.05) is 23.9 Å². The number of nitrogen functional groups attached to an aromatic ring is 1. The average Bonchev–Trinajstić information content (AvgIpc) is 3.42. The maximum absolute atomic E-state index is 15.6. The van der Waals surface area contributed by atoms with E-state index in [1.165, 1.54) is 54.6 Å². The fourth-order valence-electron chi connectivity index (χ4n) is 4.40. The molecule has 3 aromatic carbocycles. The third-order valence-electron chi connectivity index (χ3n) is 6.63. The lowest BCUT2D eigenvalue weighted by molar-refractivity contribution is 0.0997. The average molecular weight is 623 g/mol. The first kappa shape index (κ1) is 30.1. The molecule has 0 bridgehead atoms. The molecule has 0 fully saturated rings. The second kappa shape index (κ2) is 11.7. The number of amidine groups is 1. The first-order chi connectivity index (χ1) is 20.9. The minimum absolute atomic E-state index is 0.139. The van der Waals surface area contributed by atoms with Gasteiger partial charge in [-0.2, -0.15) is 4.39 Å². The minimum atomic E-state index is -4.30. The van der Waals surface area contributed by atoms with Crippen LogP contribution in [0.1, 0.15) is 27.7 Å². The highest BCUT2D eigenvalue weighted by molar-refractivity contribution is 7.91. The SMILES string of the molecule is CN1CC=NC1c1cc(S(=O)(=O)c2ccccc2C(N)=O)ccc1Oc1c(F)cnc(Oc2cc(C(=N)N)ccc2O)c1F. The van der Waals surface area contributed by atoms with Gasteiger partial charge in [0.2, 0.25) is 27.3 Å². The molecule has 4 aromatic rings. The lowest BCUT2D eigenvalue weighted by atomic mass is 10.1. The van der Waals surface area contributed by atoms with Gasteiger partial charge in [-0.1, -0.05) is 12.1 Å². The molecule has 1 aromatic heterocycles. The van der Waals surface area contributed by atoms with Crippen LogP contribution in [-0.2, 0) is 9.84 Å². The highest BCUT2D eigenvalue weighted by atomic mass is 32.2. The Bertz CT molecular complexity index is 1950. The molecular formula is C29H24F2N6O6S. The summed E-state index contributed by atoms with van der Waals surface area (Å²) in [7, 11) is -2.60. The van der Waals surface area contributed by atoms with Crippen LogP contribution in [0.3, 0.4) is 0 Å². The van der Waals surface area contributed by atoms with Crippen LogP contribution < -0.4 is 20.9 Å². The third-order valence-corrected chi connectivity index (χ3v) is 8.44. The summed E-state index contributed by atoms with van der Waals surface area (Å²) < 4.78 is 68.8. The number of hydrogen-bond acceptors (Lipinski definition) is 10. The Kier molecular flexibility index (Phi) is 7.99. The summed E-state index contributed by atoms with van der Waals surface area (Å²) in [5.41, 5.74) is 11.0. The number of nitrogens with one attached hydrogen (secondary N) is 1. The number of nitrogens with two attached hydrogens (primary N) is 2. The summed E-state index contributed by atoms with van der Waals surface area (Å²) in [6, 6.07) is 12.7. The number of phenols is 1. The number of carbonyl (C=O) groups excluding carboxylic acids is 1. The van der Waals surface area contributed by atoms with Crippen molar-refractivity contribution >= 4 is 27.8 Å². The highest BCUT2D eigenvalue weighted by Gasteiger charge is 2.30. The molecule has 0 saturated carbocycles. The van der Waals surface area contributed by atoms with Gasteiger partial charge in [0.25, 0.3) is 5.88 Å². The van der Waals surface area contributed by atoms with Gasteiger partial charge < -0.3 is 26.0 Å². The van der Waals surface area contributed by atoms with Crippen molar-refractivity contribution in [2.75, 3.05) is 13.6 Å². The summed E-state index contributed by atoms with van der Waals surface area (Å²) in [5, 5.41) is 17.7. The predicted molar refractivity (Wildman–Crippen MR) is 154 cm³/mol. The standard InChI is InChI=1S/C29H24F2N6O6S/c1-37-11-10-35-28(37)18-13-16(44(40,41)23-5-3-2-4-17(23)27(34)39)7-9-21(18)42-25-19(30)14-36-29(24(25)31)43-22-12-15(26(32)33)6-8-20(22)38/h2-10,12-14,28,38H,11H2,1H3,(H3,32,33)(H2,34,39). The van der Waals surface area contributed by atoms with E-state index in [1.807, 2.05) is 0 Å². The van der Waals surface area contributed by atoms with Crippen LogP contribution in [0.2, 0.25) is 0 Å². The third kappa shape index (κ3) is 5.65. The number of aliphatic imine (C=N–C) groups is 1. The smallest absolute Gasteiger partial charge is 0.260 e. The van der Waals surface area contributed by atoms with Gasteiger partial charge in [-0.05, 0) is 55.6 Å². The topological polar surface area (TPSA) is 194 Å². The number of ether oxygens (including phenoxy) is 2. The molecule has 0 spiro atoms. The van der Waals surface area contributed by atoms with Gasteiger partial charge >= 0.3 is 0 Å². The van der Waals surface area contributed by atoms with Crippen LogP contribution >= 0.6 is 0 Å². The first-order valence-corrected chi connectivity index (χ1v) is 14.2. The van der Waals surface area contributed by atoms with Crippen LogP contribution in [0.25, 0.3) is 0 Å². The summed E-state index contributed by atoms with van der Waals surface area (Å²) in [6.07, 6.45) is 1.43. The van der Waals surface area contributed by atoms with Crippen LogP contribution in [-0.4, -0.2) is 55.0 Å². The van der Waals surface area contributed by atoms with Crippen molar-refractivity contribution in [1.29, 1.82) is 5.41 Å². The monoisotopic (exact) mass is 622 g/mol. The van der Waals surface area contributed by atoms with E-state index < -0.39 is 50.9 Å². The number of aromatic hydroxyl groups is 1. The molecule has 1 atom stereocenters. The molecule has 15 heteroatoms. The Morgan fingerprint density at radius 1 is 1.07 bits per heavy atom. The number of benzene rings is 3. The van der Waals surface area contributed by atoms with Crippen molar-refractivity contribution < 1.29 is 36.6 Å². The summed E-state index contributed by atoms with van der Waals surface area (Å²) in [5.74, 6) is -6.45. The number of amides is 1. The maximum atomic E-state index is 15.6. The van der Waals surface area contributed by atoms with Crippen LogP contribution in [0.4, 0.5) is 8.78 Å². The van der Waals surface area contributed by atoms with E-state index in [0.29, 0.717) is 12.7 Å². The number of nitrogens with zero attached hydrogens (tertiary/aromatic N) is 3. The maximum Gasteiger partial charge on any atom is 0.260 e. The van der Waals surface area contributed by atoms with Gasteiger partial charge in [-0.15, -0.1) is 0 Å². The van der Waals surface area contributed by atoms with E-state index in [-0.39, 0.29) is 43.8 Å². The van der Waals surface area contributed by atoms with Crippen molar-refractivity contribution in [3.05, 3.63) is 95.2 Å². The van der Waals surface area contributed by atoms with E-state index in [2.05, 4.69) is 9.98 Å².